The summed E-state index contributed by atoms with van der Waals surface area (Å²) >= 11 is 0. The Morgan fingerprint density at radius 3 is 2.53 bits per heavy atom. The molecule has 0 aromatic carbocycles. The molecule has 4 nitrogen and oxygen atoms in total. The summed E-state index contributed by atoms with van der Waals surface area (Å²) in [6.07, 6.45) is 3.56. The fraction of sp³-hybridized carbons (Fsp3) is 1.00. The molecule has 19 heavy (non-hydrogen) atoms. The fourth-order valence-electron chi connectivity index (χ4n) is 3.23. The normalized spacial score (nSPS) is 29.7. The van der Waals surface area contributed by atoms with Crippen molar-refractivity contribution in [1.29, 1.82) is 0 Å². The third-order valence-corrected chi connectivity index (χ3v) is 6.41. The maximum atomic E-state index is 11.6. The standard InChI is InChI=1S/C14H28N2O2S/c1-12(2)13-3-7-16(8-4-13)9-5-14-11-19(17,18)10-6-15-14/h12-15H,3-11H2,1-2H3. The number of piperidine rings is 1. The fourth-order valence-corrected chi connectivity index (χ4v) is 4.73. The van der Waals surface area contributed by atoms with E-state index < -0.39 is 9.84 Å². The summed E-state index contributed by atoms with van der Waals surface area (Å²) in [6, 6.07) is 0.168. The first-order chi connectivity index (χ1) is 8.96. The summed E-state index contributed by atoms with van der Waals surface area (Å²) < 4.78 is 23.2. The van der Waals surface area contributed by atoms with Gasteiger partial charge in [0.25, 0.3) is 0 Å². The van der Waals surface area contributed by atoms with Gasteiger partial charge < -0.3 is 10.2 Å². The third-order valence-electron chi connectivity index (χ3n) is 4.67. The predicted molar refractivity (Wildman–Crippen MR) is 79.1 cm³/mol. The Labute approximate surface area is 117 Å². The largest absolute Gasteiger partial charge is 0.312 e. The van der Waals surface area contributed by atoms with Crippen LogP contribution in [0.1, 0.15) is 33.1 Å². The molecule has 2 saturated heterocycles. The lowest BCUT2D eigenvalue weighted by atomic mass is 9.86. The molecule has 2 heterocycles. The van der Waals surface area contributed by atoms with Crippen molar-refractivity contribution < 1.29 is 8.42 Å². The van der Waals surface area contributed by atoms with E-state index in [1.165, 1.54) is 25.9 Å². The van der Waals surface area contributed by atoms with Crippen LogP contribution in [0.5, 0.6) is 0 Å². The van der Waals surface area contributed by atoms with Gasteiger partial charge in [0.2, 0.25) is 0 Å². The van der Waals surface area contributed by atoms with E-state index in [-0.39, 0.29) is 6.04 Å². The number of hydrogen-bond donors (Lipinski definition) is 1. The molecule has 1 unspecified atom stereocenters. The highest BCUT2D eigenvalue weighted by Crippen LogP contribution is 2.24. The Kier molecular flexibility index (Phi) is 5.26. The van der Waals surface area contributed by atoms with E-state index in [0.29, 0.717) is 18.1 Å². The molecule has 0 saturated carbocycles. The van der Waals surface area contributed by atoms with Crippen molar-refractivity contribution in [2.24, 2.45) is 11.8 Å². The molecule has 5 heteroatoms. The monoisotopic (exact) mass is 288 g/mol. The van der Waals surface area contributed by atoms with E-state index >= 15 is 0 Å². The van der Waals surface area contributed by atoms with E-state index in [1.807, 2.05) is 0 Å². The van der Waals surface area contributed by atoms with Gasteiger partial charge >= 0.3 is 0 Å². The highest BCUT2D eigenvalue weighted by Gasteiger charge is 2.26. The van der Waals surface area contributed by atoms with Crippen molar-refractivity contribution in [2.45, 2.75) is 39.2 Å². The summed E-state index contributed by atoms with van der Waals surface area (Å²) in [5.74, 6) is 2.32. The lowest BCUT2D eigenvalue weighted by Gasteiger charge is -2.35. The molecule has 0 amide bonds. The van der Waals surface area contributed by atoms with Crippen molar-refractivity contribution in [3.8, 4) is 0 Å². The number of hydrogen-bond acceptors (Lipinski definition) is 4. The molecular weight excluding hydrogens is 260 g/mol. The molecular formula is C14H28N2O2S. The highest BCUT2D eigenvalue weighted by molar-refractivity contribution is 7.91. The Balaban J connectivity index is 1.69. The molecule has 2 aliphatic heterocycles. The summed E-state index contributed by atoms with van der Waals surface area (Å²) in [6.45, 7) is 8.67. The van der Waals surface area contributed by atoms with Gasteiger partial charge in [-0.3, -0.25) is 0 Å². The van der Waals surface area contributed by atoms with Gasteiger partial charge in [0, 0.05) is 12.6 Å². The number of rotatable bonds is 4. The molecule has 0 radical (unpaired) electrons. The smallest absolute Gasteiger partial charge is 0.153 e. The quantitative estimate of drug-likeness (QED) is 0.842. The maximum Gasteiger partial charge on any atom is 0.153 e. The minimum atomic E-state index is -2.79. The summed E-state index contributed by atoms with van der Waals surface area (Å²) in [5.41, 5.74) is 0. The Hall–Kier alpha value is -0.130. The van der Waals surface area contributed by atoms with Crippen LogP contribution in [-0.4, -0.2) is 57.0 Å². The minimum absolute atomic E-state index is 0.168. The number of likely N-dealkylation sites (tertiary alicyclic amines) is 1. The van der Waals surface area contributed by atoms with Gasteiger partial charge in [-0.2, -0.15) is 0 Å². The van der Waals surface area contributed by atoms with Gasteiger partial charge in [-0.15, -0.1) is 0 Å². The lowest BCUT2D eigenvalue weighted by Crippen LogP contribution is -2.47. The van der Waals surface area contributed by atoms with Crippen LogP contribution in [0.25, 0.3) is 0 Å². The van der Waals surface area contributed by atoms with Crippen molar-refractivity contribution in [2.75, 3.05) is 37.7 Å². The number of sulfone groups is 1. The van der Waals surface area contributed by atoms with Crippen molar-refractivity contribution in [1.82, 2.24) is 10.2 Å². The van der Waals surface area contributed by atoms with Gasteiger partial charge in [0.15, 0.2) is 9.84 Å². The van der Waals surface area contributed by atoms with Gasteiger partial charge in [-0.05, 0) is 50.7 Å². The van der Waals surface area contributed by atoms with E-state index in [2.05, 4.69) is 24.1 Å². The SMILES string of the molecule is CC(C)C1CCN(CCC2CS(=O)(=O)CCN2)CC1. The van der Waals surface area contributed by atoms with E-state index in [1.54, 1.807) is 0 Å². The van der Waals surface area contributed by atoms with Crippen LogP contribution in [-0.2, 0) is 9.84 Å². The average molecular weight is 288 g/mol. The molecule has 1 N–H and O–H groups in total. The molecule has 0 aliphatic carbocycles. The molecule has 0 aromatic heterocycles. The van der Waals surface area contributed by atoms with Crippen LogP contribution in [0.4, 0.5) is 0 Å². The van der Waals surface area contributed by atoms with Crippen LogP contribution in [0.3, 0.4) is 0 Å². The Bertz CT molecular complexity index is 373. The van der Waals surface area contributed by atoms with Gasteiger partial charge in [-0.25, -0.2) is 8.42 Å². The van der Waals surface area contributed by atoms with Gasteiger partial charge in [-0.1, -0.05) is 13.8 Å². The summed E-state index contributed by atoms with van der Waals surface area (Å²) in [5, 5.41) is 3.34. The third kappa shape index (κ3) is 4.72. The summed E-state index contributed by atoms with van der Waals surface area (Å²) in [4.78, 5) is 2.50. The molecule has 1 atom stereocenters. The van der Waals surface area contributed by atoms with Gasteiger partial charge in [0.1, 0.15) is 0 Å². The topological polar surface area (TPSA) is 49.4 Å². The van der Waals surface area contributed by atoms with E-state index in [9.17, 15) is 8.42 Å². The first kappa shape index (κ1) is 15.3. The van der Waals surface area contributed by atoms with Crippen LogP contribution in [0.15, 0.2) is 0 Å². The zero-order valence-electron chi connectivity index (χ0n) is 12.3. The van der Waals surface area contributed by atoms with Crippen molar-refractivity contribution >= 4 is 9.84 Å². The second-order valence-electron chi connectivity index (χ2n) is 6.48. The predicted octanol–water partition coefficient (Wildman–Crippen LogP) is 1.13. The lowest BCUT2D eigenvalue weighted by molar-refractivity contribution is 0.153. The molecule has 2 rings (SSSR count). The Morgan fingerprint density at radius 1 is 1.26 bits per heavy atom. The van der Waals surface area contributed by atoms with E-state index in [4.69, 9.17) is 0 Å². The van der Waals surface area contributed by atoms with Crippen molar-refractivity contribution in [3.63, 3.8) is 0 Å². The van der Waals surface area contributed by atoms with Crippen molar-refractivity contribution in [3.05, 3.63) is 0 Å². The molecule has 0 spiro atoms. The summed E-state index contributed by atoms with van der Waals surface area (Å²) in [7, 11) is -2.79. The first-order valence-corrected chi connectivity index (χ1v) is 9.44. The second-order valence-corrected chi connectivity index (χ2v) is 8.71. The highest BCUT2D eigenvalue weighted by atomic mass is 32.2. The van der Waals surface area contributed by atoms with Crippen LogP contribution < -0.4 is 5.32 Å². The molecule has 2 aliphatic rings. The molecule has 2 fully saturated rings. The average Bonchev–Trinajstić information content (AvgIpc) is 2.36. The molecule has 0 bridgehead atoms. The first-order valence-electron chi connectivity index (χ1n) is 7.62. The molecule has 112 valence electrons. The maximum absolute atomic E-state index is 11.6. The second kappa shape index (κ2) is 6.55. The van der Waals surface area contributed by atoms with Crippen LogP contribution in [0.2, 0.25) is 0 Å². The zero-order chi connectivity index (χ0) is 13.9. The van der Waals surface area contributed by atoms with Gasteiger partial charge in [0.05, 0.1) is 11.5 Å². The minimum Gasteiger partial charge on any atom is -0.312 e. The van der Waals surface area contributed by atoms with Crippen LogP contribution >= 0.6 is 0 Å². The zero-order valence-corrected chi connectivity index (χ0v) is 13.1. The number of nitrogens with one attached hydrogen (secondary N) is 1. The van der Waals surface area contributed by atoms with Crippen LogP contribution in [0, 0.1) is 11.8 Å². The molecule has 0 aromatic rings. The number of nitrogens with zero attached hydrogens (tertiary/aromatic N) is 1. The Morgan fingerprint density at radius 2 is 1.95 bits per heavy atom. The van der Waals surface area contributed by atoms with E-state index in [0.717, 1.165) is 24.8 Å².